The molecular formula is C16H17NO5. The van der Waals surface area contributed by atoms with Gasteiger partial charge in [0.25, 0.3) is 0 Å². The smallest absolute Gasteiger partial charge is 0.371 e. The van der Waals surface area contributed by atoms with Crippen LogP contribution in [0.1, 0.15) is 27.8 Å². The largest absolute Gasteiger partial charge is 0.481 e. The lowest BCUT2D eigenvalue weighted by Crippen LogP contribution is -2.15. The van der Waals surface area contributed by atoms with E-state index in [4.69, 9.17) is 9.52 Å². The molecule has 1 heterocycles. The van der Waals surface area contributed by atoms with E-state index in [-0.39, 0.29) is 12.2 Å². The number of aromatic carboxylic acids is 1. The predicted octanol–water partition coefficient (Wildman–Crippen LogP) is 2.45. The highest BCUT2D eigenvalue weighted by Gasteiger charge is 2.23. The number of hydrogen-bond acceptors (Lipinski definition) is 4. The van der Waals surface area contributed by atoms with Crippen molar-refractivity contribution in [3.8, 4) is 0 Å². The van der Waals surface area contributed by atoms with Crippen LogP contribution in [0.4, 0.5) is 5.69 Å². The van der Waals surface area contributed by atoms with Gasteiger partial charge in [-0.2, -0.15) is 0 Å². The van der Waals surface area contributed by atoms with Crippen molar-refractivity contribution in [1.82, 2.24) is 0 Å². The van der Waals surface area contributed by atoms with Gasteiger partial charge in [-0.15, -0.1) is 0 Å². The lowest BCUT2D eigenvalue weighted by Gasteiger charge is -2.16. The Labute approximate surface area is 127 Å². The summed E-state index contributed by atoms with van der Waals surface area (Å²) in [6, 6.07) is 10.1. The Morgan fingerprint density at radius 2 is 1.91 bits per heavy atom. The molecule has 2 N–H and O–H groups in total. The van der Waals surface area contributed by atoms with Crippen molar-refractivity contribution in [2.75, 3.05) is 19.0 Å². The fourth-order valence-electron chi connectivity index (χ4n) is 2.17. The molecule has 0 fully saturated rings. The molecule has 6 nitrogen and oxygen atoms in total. The standard InChI is InChI=1S/C16H17NO5/c1-17(2)11-5-3-4-10(8-11)13(15(18)19)9-12-6-7-14(22-12)16(20)21/h3-8,13H,9H2,1-2H3,(H,18,19)(H,20,21). The Hall–Kier alpha value is -2.76. The van der Waals surface area contributed by atoms with E-state index >= 15 is 0 Å². The Morgan fingerprint density at radius 3 is 2.45 bits per heavy atom. The molecule has 1 unspecified atom stereocenters. The van der Waals surface area contributed by atoms with Crippen molar-refractivity contribution in [2.45, 2.75) is 12.3 Å². The molecule has 2 rings (SSSR count). The molecule has 1 aromatic carbocycles. The maximum absolute atomic E-state index is 11.6. The second-order valence-electron chi connectivity index (χ2n) is 5.16. The third-order valence-electron chi connectivity index (χ3n) is 3.36. The summed E-state index contributed by atoms with van der Waals surface area (Å²) >= 11 is 0. The molecule has 1 atom stereocenters. The molecule has 0 aliphatic rings. The molecule has 0 bridgehead atoms. The molecule has 0 radical (unpaired) electrons. The van der Waals surface area contributed by atoms with Crippen LogP contribution in [-0.2, 0) is 11.2 Å². The minimum absolute atomic E-state index is 0.0967. The summed E-state index contributed by atoms with van der Waals surface area (Å²) in [5, 5.41) is 18.3. The van der Waals surface area contributed by atoms with Gasteiger partial charge in [-0.25, -0.2) is 4.79 Å². The van der Waals surface area contributed by atoms with Crippen LogP contribution in [-0.4, -0.2) is 36.2 Å². The third-order valence-corrected chi connectivity index (χ3v) is 3.36. The SMILES string of the molecule is CN(C)c1cccc(C(Cc2ccc(C(=O)O)o2)C(=O)O)c1. The van der Waals surface area contributed by atoms with E-state index in [0.29, 0.717) is 11.3 Å². The fourth-order valence-corrected chi connectivity index (χ4v) is 2.17. The molecule has 2 aromatic rings. The Bertz CT molecular complexity index is 689. The van der Waals surface area contributed by atoms with Crippen molar-refractivity contribution >= 4 is 17.6 Å². The van der Waals surface area contributed by atoms with E-state index in [9.17, 15) is 14.7 Å². The summed E-state index contributed by atoms with van der Waals surface area (Å²) in [5.74, 6) is -2.81. The van der Waals surface area contributed by atoms with Crippen molar-refractivity contribution < 1.29 is 24.2 Å². The lowest BCUT2D eigenvalue weighted by atomic mass is 9.94. The summed E-state index contributed by atoms with van der Waals surface area (Å²) in [5.41, 5.74) is 1.54. The zero-order chi connectivity index (χ0) is 16.3. The van der Waals surface area contributed by atoms with Crippen LogP contribution in [0.3, 0.4) is 0 Å². The van der Waals surface area contributed by atoms with Gasteiger partial charge in [-0.05, 0) is 29.8 Å². The van der Waals surface area contributed by atoms with Crippen molar-refractivity contribution in [3.63, 3.8) is 0 Å². The van der Waals surface area contributed by atoms with Crippen LogP contribution in [0.15, 0.2) is 40.8 Å². The molecule has 0 spiro atoms. The summed E-state index contributed by atoms with van der Waals surface area (Å²) in [4.78, 5) is 24.2. The normalized spacial score (nSPS) is 11.9. The van der Waals surface area contributed by atoms with E-state index in [1.807, 2.05) is 25.1 Å². The van der Waals surface area contributed by atoms with E-state index in [1.165, 1.54) is 12.1 Å². The summed E-state index contributed by atoms with van der Waals surface area (Å²) in [6.07, 6.45) is 0.0967. The number of furan rings is 1. The van der Waals surface area contributed by atoms with Gasteiger partial charge in [-0.1, -0.05) is 12.1 Å². The van der Waals surface area contributed by atoms with Gasteiger partial charge >= 0.3 is 11.9 Å². The van der Waals surface area contributed by atoms with E-state index in [2.05, 4.69) is 0 Å². The van der Waals surface area contributed by atoms with Gasteiger partial charge in [0.15, 0.2) is 0 Å². The minimum Gasteiger partial charge on any atom is -0.481 e. The number of nitrogens with zero attached hydrogens (tertiary/aromatic N) is 1. The molecule has 116 valence electrons. The molecule has 6 heteroatoms. The van der Waals surface area contributed by atoms with E-state index in [1.54, 1.807) is 18.2 Å². The summed E-state index contributed by atoms with van der Waals surface area (Å²) < 4.78 is 5.15. The molecule has 0 amide bonds. The highest BCUT2D eigenvalue weighted by Crippen LogP contribution is 2.25. The number of carboxylic acids is 2. The topological polar surface area (TPSA) is 91.0 Å². The zero-order valence-corrected chi connectivity index (χ0v) is 12.3. The quantitative estimate of drug-likeness (QED) is 0.851. The van der Waals surface area contributed by atoms with Crippen LogP contribution in [0.2, 0.25) is 0 Å². The first-order chi connectivity index (χ1) is 10.4. The van der Waals surface area contributed by atoms with Gasteiger partial charge < -0.3 is 19.5 Å². The Kier molecular flexibility index (Phi) is 4.50. The van der Waals surface area contributed by atoms with Crippen LogP contribution in [0, 0.1) is 0 Å². The van der Waals surface area contributed by atoms with Crippen molar-refractivity contribution in [2.24, 2.45) is 0 Å². The number of carbonyl (C=O) groups is 2. The highest BCUT2D eigenvalue weighted by atomic mass is 16.4. The first kappa shape index (κ1) is 15.6. The molecule has 0 aliphatic heterocycles. The van der Waals surface area contributed by atoms with Crippen molar-refractivity contribution in [3.05, 3.63) is 53.5 Å². The van der Waals surface area contributed by atoms with Crippen LogP contribution in [0.5, 0.6) is 0 Å². The number of benzene rings is 1. The molecule has 22 heavy (non-hydrogen) atoms. The van der Waals surface area contributed by atoms with Crippen LogP contribution in [0.25, 0.3) is 0 Å². The molecule has 0 aliphatic carbocycles. The molecule has 0 saturated carbocycles. The average Bonchev–Trinajstić information content (AvgIpc) is 2.93. The molecule has 0 saturated heterocycles. The third kappa shape index (κ3) is 3.46. The van der Waals surface area contributed by atoms with Gasteiger partial charge in [0, 0.05) is 26.2 Å². The van der Waals surface area contributed by atoms with Crippen LogP contribution < -0.4 is 4.90 Å². The van der Waals surface area contributed by atoms with Gasteiger partial charge in [-0.3, -0.25) is 4.79 Å². The maximum atomic E-state index is 11.6. The number of carboxylic acid groups (broad SMARTS) is 2. The van der Waals surface area contributed by atoms with Gasteiger partial charge in [0.1, 0.15) is 5.76 Å². The van der Waals surface area contributed by atoms with Gasteiger partial charge in [0.2, 0.25) is 5.76 Å². The van der Waals surface area contributed by atoms with Crippen LogP contribution >= 0.6 is 0 Å². The van der Waals surface area contributed by atoms with E-state index < -0.39 is 17.9 Å². The minimum atomic E-state index is -1.17. The second kappa shape index (κ2) is 6.34. The van der Waals surface area contributed by atoms with E-state index in [0.717, 1.165) is 5.69 Å². The Balaban J connectivity index is 2.28. The predicted molar refractivity (Wildman–Crippen MR) is 80.5 cm³/mol. The maximum Gasteiger partial charge on any atom is 0.371 e. The Morgan fingerprint density at radius 1 is 1.18 bits per heavy atom. The first-order valence-electron chi connectivity index (χ1n) is 6.70. The molecular weight excluding hydrogens is 286 g/mol. The first-order valence-corrected chi connectivity index (χ1v) is 6.70. The molecule has 1 aromatic heterocycles. The fraction of sp³-hybridized carbons (Fsp3) is 0.250. The zero-order valence-electron chi connectivity index (χ0n) is 12.3. The number of hydrogen-bond donors (Lipinski definition) is 2. The number of aliphatic carboxylic acids is 1. The highest BCUT2D eigenvalue weighted by molar-refractivity contribution is 5.84. The van der Waals surface area contributed by atoms with Gasteiger partial charge in [0.05, 0.1) is 5.92 Å². The lowest BCUT2D eigenvalue weighted by molar-refractivity contribution is -0.138. The second-order valence-corrected chi connectivity index (χ2v) is 5.16. The monoisotopic (exact) mass is 303 g/mol. The number of rotatable bonds is 6. The average molecular weight is 303 g/mol. The van der Waals surface area contributed by atoms with Crippen molar-refractivity contribution in [1.29, 1.82) is 0 Å². The number of anilines is 1. The summed E-state index contributed by atoms with van der Waals surface area (Å²) in [6.45, 7) is 0. The summed E-state index contributed by atoms with van der Waals surface area (Å²) in [7, 11) is 3.75.